The molecular formula is C12H12ClN3O2S. The van der Waals surface area contributed by atoms with E-state index in [1.165, 1.54) is 18.4 Å². The summed E-state index contributed by atoms with van der Waals surface area (Å²) in [7, 11) is 1.52. The average molecular weight is 298 g/mol. The number of nitrogens with zero attached hydrogens (tertiary/aromatic N) is 2. The third kappa shape index (κ3) is 3.90. The highest BCUT2D eigenvalue weighted by atomic mass is 35.5. The van der Waals surface area contributed by atoms with Crippen molar-refractivity contribution in [3.05, 3.63) is 34.4 Å². The number of nitrogens with one attached hydrogen (secondary N) is 1. The van der Waals surface area contributed by atoms with Crippen molar-refractivity contribution < 1.29 is 9.53 Å². The molecule has 0 aliphatic rings. The van der Waals surface area contributed by atoms with Crippen molar-refractivity contribution in [3.8, 4) is 5.88 Å². The topological polar surface area (TPSA) is 64.1 Å². The molecule has 0 unspecified atom stereocenters. The molecule has 2 heterocycles. The molecule has 0 radical (unpaired) electrons. The number of anilines is 1. The van der Waals surface area contributed by atoms with Crippen LogP contribution in [0.4, 0.5) is 5.69 Å². The highest BCUT2D eigenvalue weighted by Gasteiger charge is 2.08. The Bertz CT molecular complexity index is 574. The number of halogens is 1. The minimum absolute atomic E-state index is 0.135. The third-order valence-electron chi connectivity index (χ3n) is 2.28. The largest absolute Gasteiger partial charge is 0.481 e. The fourth-order valence-corrected chi connectivity index (χ4v) is 2.45. The first-order chi connectivity index (χ1) is 9.21. The molecule has 2 rings (SSSR count). The Labute approximate surface area is 119 Å². The number of amides is 1. The van der Waals surface area contributed by atoms with Crippen LogP contribution < -0.4 is 10.1 Å². The quantitative estimate of drug-likeness (QED) is 0.861. The van der Waals surface area contributed by atoms with Gasteiger partial charge < -0.3 is 10.1 Å². The fourth-order valence-electron chi connectivity index (χ4n) is 1.43. The molecular weight excluding hydrogens is 286 g/mol. The maximum Gasteiger partial charge on any atom is 0.231 e. The monoisotopic (exact) mass is 297 g/mol. The first-order valence-electron chi connectivity index (χ1n) is 5.50. The molecule has 0 atom stereocenters. The van der Waals surface area contributed by atoms with Crippen LogP contribution in [-0.4, -0.2) is 23.0 Å². The second-order valence-electron chi connectivity index (χ2n) is 3.68. The summed E-state index contributed by atoms with van der Waals surface area (Å²) in [5, 5.41) is 5.36. The number of carbonyl (C=O) groups excluding carboxylic acids is 1. The Hall–Kier alpha value is -1.66. The maximum atomic E-state index is 11.8. The van der Waals surface area contributed by atoms with Crippen molar-refractivity contribution in [2.45, 2.75) is 12.3 Å². The van der Waals surface area contributed by atoms with Gasteiger partial charge in [-0.1, -0.05) is 0 Å². The van der Waals surface area contributed by atoms with Crippen LogP contribution in [0.1, 0.15) is 10.7 Å². The SMILES string of the molecule is COc1cc(NC(=O)Cc2nc(CCl)cs2)ccn1. The minimum Gasteiger partial charge on any atom is -0.481 e. The van der Waals surface area contributed by atoms with Gasteiger partial charge >= 0.3 is 0 Å². The molecule has 5 nitrogen and oxygen atoms in total. The molecule has 19 heavy (non-hydrogen) atoms. The van der Waals surface area contributed by atoms with Gasteiger partial charge in [-0.2, -0.15) is 0 Å². The summed E-state index contributed by atoms with van der Waals surface area (Å²) in [4.78, 5) is 20.0. The number of aromatic nitrogens is 2. The van der Waals surface area contributed by atoms with Crippen LogP contribution in [0.15, 0.2) is 23.7 Å². The number of hydrogen-bond donors (Lipinski definition) is 1. The lowest BCUT2D eigenvalue weighted by Crippen LogP contribution is -2.14. The molecule has 100 valence electrons. The summed E-state index contributed by atoms with van der Waals surface area (Å²) < 4.78 is 4.99. The van der Waals surface area contributed by atoms with Crippen LogP contribution in [0.25, 0.3) is 0 Å². The van der Waals surface area contributed by atoms with E-state index >= 15 is 0 Å². The van der Waals surface area contributed by atoms with Gasteiger partial charge in [-0.3, -0.25) is 4.79 Å². The predicted octanol–water partition coefficient (Wildman–Crippen LogP) is 2.47. The number of hydrogen-bond acceptors (Lipinski definition) is 5. The van der Waals surface area contributed by atoms with Crippen molar-refractivity contribution in [2.75, 3.05) is 12.4 Å². The molecule has 2 aromatic heterocycles. The zero-order valence-electron chi connectivity index (χ0n) is 10.2. The Morgan fingerprint density at radius 3 is 3.11 bits per heavy atom. The van der Waals surface area contributed by atoms with E-state index in [9.17, 15) is 4.79 Å². The van der Waals surface area contributed by atoms with Crippen molar-refractivity contribution in [1.82, 2.24) is 9.97 Å². The molecule has 2 aromatic rings. The van der Waals surface area contributed by atoms with Crippen LogP contribution in [0.3, 0.4) is 0 Å². The highest BCUT2D eigenvalue weighted by Crippen LogP contribution is 2.15. The van der Waals surface area contributed by atoms with Gasteiger partial charge in [0.1, 0.15) is 5.01 Å². The molecule has 0 aliphatic carbocycles. The molecule has 1 N–H and O–H groups in total. The molecule has 0 bridgehead atoms. The van der Waals surface area contributed by atoms with E-state index in [1.807, 2.05) is 5.38 Å². The first-order valence-corrected chi connectivity index (χ1v) is 6.92. The van der Waals surface area contributed by atoms with Gasteiger partial charge in [0.15, 0.2) is 0 Å². The van der Waals surface area contributed by atoms with Crippen LogP contribution in [-0.2, 0) is 17.1 Å². The first kappa shape index (κ1) is 13.8. The second kappa shape index (κ2) is 6.49. The van der Waals surface area contributed by atoms with Gasteiger partial charge in [0, 0.05) is 23.3 Å². The normalized spacial score (nSPS) is 10.2. The van der Waals surface area contributed by atoms with Gasteiger partial charge in [0.2, 0.25) is 11.8 Å². The van der Waals surface area contributed by atoms with Crippen LogP contribution in [0.5, 0.6) is 5.88 Å². The van der Waals surface area contributed by atoms with Crippen molar-refractivity contribution in [1.29, 1.82) is 0 Å². The number of ether oxygens (including phenoxy) is 1. The molecule has 0 aromatic carbocycles. The molecule has 0 saturated carbocycles. The van der Waals surface area contributed by atoms with Crippen LogP contribution in [0, 0.1) is 0 Å². The summed E-state index contributed by atoms with van der Waals surface area (Å²) in [5.41, 5.74) is 1.44. The maximum absolute atomic E-state index is 11.8. The lowest BCUT2D eigenvalue weighted by molar-refractivity contribution is -0.115. The summed E-state index contributed by atoms with van der Waals surface area (Å²) in [6.07, 6.45) is 1.80. The van der Waals surface area contributed by atoms with Gasteiger partial charge in [-0.05, 0) is 6.07 Å². The Morgan fingerprint density at radius 2 is 2.42 bits per heavy atom. The summed E-state index contributed by atoms with van der Waals surface area (Å²) in [6.45, 7) is 0. The average Bonchev–Trinajstić information content (AvgIpc) is 2.86. The molecule has 1 amide bonds. The Morgan fingerprint density at radius 1 is 1.58 bits per heavy atom. The lowest BCUT2D eigenvalue weighted by atomic mass is 10.3. The molecule has 0 spiro atoms. The number of pyridine rings is 1. The van der Waals surface area contributed by atoms with E-state index in [1.54, 1.807) is 18.3 Å². The Kier molecular flexibility index (Phi) is 4.70. The fraction of sp³-hybridized carbons (Fsp3) is 0.250. The zero-order chi connectivity index (χ0) is 13.7. The van der Waals surface area contributed by atoms with E-state index in [2.05, 4.69) is 15.3 Å². The van der Waals surface area contributed by atoms with Crippen LogP contribution in [0.2, 0.25) is 0 Å². The highest BCUT2D eigenvalue weighted by molar-refractivity contribution is 7.09. The molecule has 7 heteroatoms. The number of rotatable bonds is 5. The van der Waals surface area contributed by atoms with Gasteiger partial charge in [0.05, 0.1) is 25.1 Å². The summed E-state index contributed by atoms with van der Waals surface area (Å²) in [6, 6.07) is 3.36. The lowest BCUT2D eigenvalue weighted by Gasteiger charge is -2.05. The van der Waals surface area contributed by atoms with E-state index in [4.69, 9.17) is 16.3 Å². The number of carbonyl (C=O) groups is 1. The standard InChI is InChI=1S/C12H12ClN3O2S/c1-18-11-4-8(2-3-14-11)15-10(17)5-12-16-9(6-13)7-19-12/h2-4,7H,5-6H2,1H3,(H,14,15,17). The second-order valence-corrected chi connectivity index (χ2v) is 4.89. The summed E-state index contributed by atoms with van der Waals surface area (Å²) >= 11 is 7.09. The van der Waals surface area contributed by atoms with Crippen molar-refractivity contribution in [2.24, 2.45) is 0 Å². The van der Waals surface area contributed by atoms with Crippen LogP contribution >= 0.6 is 22.9 Å². The summed E-state index contributed by atoms with van der Waals surface area (Å²) in [5.74, 6) is 0.680. The van der Waals surface area contributed by atoms with Crippen molar-refractivity contribution in [3.63, 3.8) is 0 Å². The van der Waals surface area contributed by atoms with Crippen molar-refractivity contribution >= 4 is 34.5 Å². The third-order valence-corrected chi connectivity index (χ3v) is 3.45. The van der Waals surface area contributed by atoms with E-state index in [0.29, 0.717) is 17.4 Å². The molecule has 0 saturated heterocycles. The predicted molar refractivity (Wildman–Crippen MR) is 74.8 cm³/mol. The molecule has 0 fully saturated rings. The van der Waals surface area contributed by atoms with E-state index < -0.39 is 0 Å². The van der Waals surface area contributed by atoms with E-state index in [0.717, 1.165) is 10.7 Å². The smallest absolute Gasteiger partial charge is 0.231 e. The number of alkyl halides is 1. The number of thiazole rings is 1. The van der Waals surface area contributed by atoms with Gasteiger partial charge in [-0.25, -0.2) is 9.97 Å². The Balaban J connectivity index is 1.96. The number of methoxy groups -OCH3 is 1. The van der Waals surface area contributed by atoms with Gasteiger partial charge in [0.25, 0.3) is 0 Å². The van der Waals surface area contributed by atoms with Gasteiger partial charge in [-0.15, -0.1) is 22.9 Å². The molecule has 0 aliphatic heterocycles. The minimum atomic E-state index is -0.135. The zero-order valence-corrected chi connectivity index (χ0v) is 11.8. The van der Waals surface area contributed by atoms with E-state index in [-0.39, 0.29) is 12.3 Å².